The maximum absolute atomic E-state index is 12.1. The number of hydrogen-bond donors (Lipinski definition) is 2. The van der Waals surface area contributed by atoms with Crippen LogP contribution in [0.4, 0.5) is 5.69 Å². The molecule has 0 aliphatic carbocycles. The number of halogens is 1. The number of amides is 1. The van der Waals surface area contributed by atoms with E-state index >= 15 is 0 Å². The van der Waals surface area contributed by atoms with E-state index in [9.17, 15) is 4.79 Å². The van der Waals surface area contributed by atoms with Crippen molar-refractivity contribution in [1.29, 1.82) is 0 Å². The van der Waals surface area contributed by atoms with E-state index in [-0.39, 0.29) is 5.91 Å². The van der Waals surface area contributed by atoms with E-state index in [1.165, 1.54) is 0 Å². The minimum atomic E-state index is -0.0381. The molecular weight excluding hydrogens is 296 g/mol. The van der Waals surface area contributed by atoms with Gasteiger partial charge in [0.2, 0.25) is 0 Å². The Kier molecular flexibility index (Phi) is 5.84. The van der Waals surface area contributed by atoms with Crippen molar-refractivity contribution in [3.8, 4) is 0 Å². The summed E-state index contributed by atoms with van der Waals surface area (Å²) in [6.07, 6.45) is 0. The Balaban J connectivity index is 1.96. The molecule has 0 aromatic heterocycles. The van der Waals surface area contributed by atoms with Crippen LogP contribution in [0.15, 0.2) is 48.5 Å². The third kappa shape index (κ3) is 5.08. The quantitative estimate of drug-likeness (QED) is 0.832. The monoisotopic (exact) mass is 316 g/mol. The SMILES string of the molecule is CC(C)CNC(=O)c1cccc(NCc2ccc(Cl)cc2)c1. The highest BCUT2D eigenvalue weighted by Crippen LogP contribution is 2.14. The molecule has 0 aliphatic rings. The third-order valence-electron chi connectivity index (χ3n) is 3.21. The molecule has 0 heterocycles. The van der Waals surface area contributed by atoms with Gasteiger partial charge < -0.3 is 10.6 Å². The van der Waals surface area contributed by atoms with Gasteiger partial charge in [0.15, 0.2) is 0 Å². The van der Waals surface area contributed by atoms with Crippen LogP contribution in [0.5, 0.6) is 0 Å². The molecule has 1 amide bonds. The molecule has 2 rings (SSSR count). The van der Waals surface area contributed by atoms with Gasteiger partial charge in [-0.15, -0.1) is 0 Å². The smallest absolute Gasteiger partial charge is 0.251 e. The van der Waals surface area contributed by atoms with E-state index in [1.54, 1.807) is 0 Å². The highest BCUT2D eigenvalue weighted by atomic mass is 35.5. The number of carbonyl (C=O) groups is 1. The van der Waals surface area contributed by atoms with Gasteiger partial charge in [0, 0.05) is 29.4 Å². The first kappa shape index (κ1) is 16.4. The third-order valence-corrected chi connectivity index (χ3v) is 3.46. The molecule has 0 aliphatic heterocycles. The fourth-order valence-electron chi connectivity index (χ4n) is 1.98. The van der Waals surface area contributed by atoms with Crippen LogP contribution in [0.25, 0.3) is 0 Å². The molecule has 2 N–H and O–H groups in total. The average molecular weight is 317 g/mol. The maximum atomic E-state index is 12.1. The first-order chi connectivity index (χ1) is 10.5. The first-order valence-electron chi connectivity index (χ1n) is 7.41. The summed E-state index contributed by atoms with van der Waals surface area (Å²) < 4.78 is 0. The average Bonchev–Trinajstić information content (AvgIpc) is 2.52. The Morgan fingerprint density at radius 1 is 1.14 bits per heavy atom. The second kappa shape index (κ2) is 7.85. The van der Waals surface area contributed by atoms with E-state index < -0.39 is 0 Å². The van der Waals surface area contributed by atoms with Crippen LogP contribution in [0.3, 0.4) is 0 Å². The van der Waals surface area contributed by atoms with Crippen LogP contribution in [-0.4, -0.2) is 12.5 Å². The van der Waals surface area contributed by atoms with Crippen molar-refractivity contribution < 1.29 is 4.79 Å². The van der Waals surface area contributed by atoms with Gasteiger partial charge in [0.05, 0.1) is 0 Å². The second-order valence-electron chi connectivity index (χ2n) is 5.66. The molecule has 0 radical (unpaired) electrons. The largest absolute Gasteiger partial charge is 0.381 e. The number of carbonyl (C=O) groups excluding carboxylic acids is 1. The van der Waals surface area contributed by atoms with Crippen LogP contribution >= 0.6 is 11.6 Å². The van der Waals surface area contributed by atoms with Crippen LogP contribution in [0.1, 0.15) is 29.8 Å². The lowest BCUT2D eigenvalue weighted by Crippen LogP contribution is -2.27. The first-order valence-corrected chi connectivity index (χ1v) is 7.79. The molecule has 116 valence electrons. The van der Waals surface area contributed by atoms with E-state index in [0.717, 1.165) is 16.3 Å². The lowest BCUT2D eigenvalue weighted by molar-refractivity contribution is 0.0949. The Morgan fingerprint density at radius 3 is 2.55 bits per heavy atom. The molecule has 2 aromatic rings. The molecule has 0 fully saturated rings. The zero-order chi connectivity index (χ0) is 15.9. The van der Waals surface area contributed by atoms with Crippen LogP contribution in [0, 0.1) is 5.92 Å². The summed E-state index contributed by atoms with van der Waals surface area (Å²) in [5.74, 6) is 0.402. The van der Waals surface area contributed by atoms with E-state index in [0.29, 0.717) is 24.6 Å². The van der Waals surface area contributed by atoms with Crippen LogP contribution < -0.4 is 10.6 Å². The number of anilines is 1. The Bertz CT molecular complexity index is 623. The Labute approximate surface area is 136 Å². The van der Waals surface area contributed by atoms with Gasteiger partial charge in [-0.3, -0.25) is 4.79 Å². The molecular formula is C18H21ClN2O. The summed E-state index contributed by atoms with van der Waals surface area (Å²) in [6, 6.07) is 15.2. The van der Waals surface area contributed by atoms with Crippen molar-refractivity contribution in [2.75, 3.05) is 11.9 Å². The van der Waals surface area contributed by atoms with Crippen molar-refractivity contribution in [3.05, 3.63) is 64.7 Å². The Morgan fingerprint density at radius 2 is 1.86 bits per heavy atom. The second-order valence-corrected chi connectivity index (χ2v) is 6.10. The lowest BCUT2D eigenvalue weighted by atomic mass is 10.1. The van der Waals surface area contributed by atoms with Crippen LogP contribution in [0.2, 0.25) is 5.02 Å². The summed E-state index contributed by atoms with van der Waals surface area (Å²) in [7, 11) is 0. The molecule has 0 bridgehead atoms. The molecule has 4 heteroatoms. The summed E-state index contributed by atoms with van der Waals surface area (Å²) in [5, 5.41) is 6.97. The zero-order valence-corrected chi connectivity index (χ0v) is 13.7. The molecule has 3 nitrogen and oxygen atoms in total. The number of nitrogens with one attached hydrogen (secondary N) is 2. The predicted molar refractivity (Wildman–Crippen MR) is 92.4 cm³/mol. The summed E-state index contributed by atoms with van der Waals surface area (Å²) >= 11 is 5.87. The minimum Gasteiger partial charge on any atom is -0.381 e. The number of benzene rings is 2. The van der Waals surface area contributed by atoms with Gasteiger partial charge in [-0.1, -0.05) is 43.6 Å². The molecule has 0 spiro atoms. The van der Waals surface area contributed by atoms with Gasteiger partial charge in [-0.05, 0) is 41.8 Å². The standard InChI is InChI=1S/C18H21ClN2O/c1-13(2)11-21-18(22)15-4-3-5-17(10-15)20-12-14-6-8-16(19)9-7-14/h3-10,13,20H,11-12H2,1-2H3,(H,21,22). The van der Waals surface area contributed by atoms with E-state index in [4.69, 9.17) is 11.6 Å². The molecule has 0 unspecified atom stereocenters. The molecule has 22 heavy (non-hydrogen) atoms. The normalized spacial score (nSPS) is 10.5. The van der Waals surface area contributed by atoms with Gasteiger partial charge in [-0.25, -0.2) is 0 Å². The van der Waals surface area contributed by atoms with E-state index in [2.05, 4.69) is 24.5 Å². The lowest BCUT2D eigenvalue weighted by Gasteiger charge is -2.10. The maximum Gasteiger partial charge on any atom is 0.251 e. The van der Waals surface area contributed by atoms with Gasteiger partial charge in [-0.2, -0.15) is 0 Å². The number of rotatable bonds is 6. The van der Waals surface area contributed by atoms with Crippen molar-refractivity contribution in [1.82, 2.24) is 5.32 Å². The van der Waals surface area contributed by atoms with Crippen molar-refractivity contribution in [2.45, 2.75) is 20.4 Å². The molecule has 0 atom stereocenters. The fraction of sp³-hybridized carbons (Fsp3) is 0.278. The number of hydrogen-bond acceptors (Lipinski definition) is 2. The van der Waals surface area contributed by atoms with Gasteiger partial charge in [0.1, 0.15) is 0 Å². The van der Waals surface area contributed by atoms with E-state index in [1.807, 2.05) is 48.5 Å². The topological polar surface area (TPSA) is 41.1 Å². The van der Waals surface area contributed by atoms with Crippen LogP contribution in [-0.2, 0) is 6.54 Å². The minimum absolute atomic E-state index is 0.0381. The van der Waals surface area contributed by atoms with Gasteiger partial charge in [0.25, 0.3) is 5.91 Å². The highest BCUT2D eigenvalue weighted by Gasteiger charge is 2.06. The fourth-order valence-corrected chi connectivity index (χ4v) is 2.10. The van der Waals surface area contributed by atoms with Crippen molar-refractivity contribution in [2.24, 2.45) is 5.92 Å². The highest BCUT2D eigenvalue weighted by molar-refractivity contribution is 6.30. The van der Waals surface area contributed by atoms with Gasteiger partial charge >= 0.3 is 0 Å². The van der Waals surface area contributed by atoms with Crippen molar-refractivity contribution in [3.63, 3.8) is 0 Å². The summed E-state index contributed by atoms with van der Waals surface area (Å²) in [4.78, 5) is 12.1. The zero-order valence-electron chi connectivity index (χ0n) is 12.9. The molecule has 2 aromatic carbocycles. The summed E-state index contributed by atoms with van der Waals surface area (Å²) in [6.45, 7) is 5.52. The predicted octanol–water partition coefficient (Wildman–Crippen LogP) is 4.34. The van der Waals surface area contributed by atoms with Crippen molar-refractivity contribution >= 4 is 23.2 Å². The summed E-state index contributed by atoms with van der Waals surface area (Å²) in [5.41, 5.74) is 2.73. The molecule has 0 saturated heterocycles. The Hall–Kier alpha value is -2.00. The molecule has 0 saturated carbocycles.